The molecule has 1 N–H and O–H groups in total. The highest BCUT2D eigenvalue weighted by molar-refractivity contribution is 7.99. The van der Waals surface area contributed by atoms with E-state index in [2.05, 4.69) is 76.2 Å². The minimum Gasteiger partial charge on any atom is -0.353 e. The first-order chi connectivity index (χ1) is 17.6. The van der Waals surface area contributed by atoms with E-state index in [9.17, 15) is 4.79 Å². The number of pyridine rings is 1. The Kier molecular flexibility index (Phi) is 8.90. The first-order valence-electron chi connectivity index (χ1n) is 12.5. The van der Waals surface area contributed by atoms with Crippen molar-refractivity contribution in [3.63, 3.8) is 0 Å². The van der Waals surface area contributed by atoms with E-state index in [-0.39, 0.29) is 17.7 Å². The average Bonchev–Trinajstić information content (AvgIpc) is 3.34. The van der Waals surface area contributed by atoms with Crippen LogP contribution in [0.4, 0.5) is 0 Å². The van der Waals surface area contributed by atoms with Crippen molar-refractivity contribution in [2.45, 2.75) is 57.7 Å². The van der Waals surface area contributed by atoms with E-state index in [1.165, 1.54) is 28.5 Å². The van der Waals surface area contributed by atoms with Gasteiger partial charge in [0.15, 0.2) is 11.0 Å². The molecule has 0 aliphatic heterocycles. The first kappa shape index (κ1) is 25.6. The quantitative estimate of drug-likeness (QED) is 0.269. The van der Waals surface area contributed by atoms with Crippen molar-refractivity contribution in [3.05, 3.63) is 89.7 Å². The van der Waals surface area contributed by atoms with Crippen molar-refractivity contribution >= 4 is 17.7 Å². The van der Waals surface area contributed by atoms with Gasteiger partial charge in [-0.15, -0.1) is 10.2 Å². The smallest absolute Gasteiger partial charge is 0.230 e. The average molecular weight is 500 g/mol. The Hall–Kier alpha value is -3.45. The summed E-state index contributed by atoms with van der Waals surface area (Å²) in [6.45, 7) is 6.37. The second-order valence-electron chi connectivity index (χ2n) is 8.80. The SMILES string of the molecule is CCc1cccc(CC)c1-n1c(SCC(=O)NC(C)CCc2ccccc2)nnc1-c1cccnc1. The van der Waals surface area contributed by atoms with Crippen LogP contribution in [0.1, 0.15) is 43.9 Å². The third-order valence-electron chi connectivity index (χ3n) is 6.19. The summed E-state index contributed by atoms with van der Waals surface area (Å²) >= 11 is 1.42. The Morgan fingerprint density at radius 3 is 2.39 bits per heavy atom. The highest BCUT2D eigenvalue weighted by Gasteiger charge is 2.21. The molecule has 0 spiro atoms. The van der Waals surface area contributed by atoms with Crippen LogP contribution in [0.5, 0.6) is 0 Å². The Bertz CT molecular complexity index is 1250. The van der Waals surface area contributed by atoms with Gasteiger partial charge in [-0.05, 0) is 61.4 Å². The fourth-order valence-electron chi connectivity index (χ4n) is 4.30. The van der Waals surface area contributed by atoms with Crippen molar-refractivity contribution < 1.29 is 4.79 Å². The van der Waals surface area contributed by atoms with Crippen LogP contribution in [-0.4, -0.2) is 37.5 Å². The molecular weight excluding hydrogens is 466 g/mol. The fraction of sp³-hybridized carbons (Fsp3) is 0.310. The molecule has 0 bridgehead atoms. The van der Waals surface area contributed by atoms with E-state index in [0.717, 1.165) is 42.8 Å². The zero-order valence-electron chi connectivity index (χ0n) is 21.1. The van der Waals surface area contributed by atoms with Gasteiger partial charge in [-0.3, -0.25) is 14.3 Å². The molecule has 0 fully saturated rings. The number of carbonyl (C=O) groups excluding carboxylic acids is 1. The van der Waals surface area contributed by atoms with Gasteiger partial charge in [-0.25, -0.2) is 0 Å². The lowest BCUT2D eigenvalue weighted by Crippen LogP contribution is -2.34. The van der Waals surface area contributed by atoms with Gasteiger partial charge in [0.2, 0.25) is 5.91 Å². The number of rotatable bonds is 11. The van der Waals surface area contributed by atoms with Crippen LogP contribution in [0.2, 0.25) is 0 Å². The topological polar surface area (TPSA) is 72.7 Å². The largest absolute Gasteiger partial charge is 0.353 e. The molecule has 36 heavy (non-hydrogen) atoms. The number of hydrogen-bond donors (Lipinski definition) is 1. The summed E-state index contributed by atoms with van der Waals surface area (Å²) in [5, 5.41) is 12.9. The predicted octanol–water partition coefficient (Wildman–Crippen LogP) is 5.68. The molecule has 4 rings (SSSR count). The molecule has 0 saturated carbocycles. The van der Waals surface area contributed by atoms with Gasteiger partial charge in [0.05, 0.1) is 11.4 Å². The summed E-state index contributed by atoms with van der Waals surface area (Å²) in [6.07, 6.45) is 7.16. The van der Waals surface area contributed by atoms with Gasteiger partial charge >= 0.3 is 0 Å². The van der Waals surface area contributed by atoms with Gasteiger partial charge in [-0.1, -0.05) is 74.1 Å². The molecule has 2 heterocycles. The van der Waals surface area contributed by atoms with Crippen molar-refractivity contribution in [1.82, 2.24) is 25.1 Å². The lowest BCUT2D eigenvalue weighted by atomic mass is 10.0. The highest BCUT2D eigenvalue weighted by Crippen LogP contribution is 2.32. The minimum absolute atomic E-state index is 0.00229. The lowest BCUT2D eigenvalue weighted by molar-refractivity contribution is -0.119. The zero-order chi connectivity index (χ0) is 25.3. The maximum absolute atomic E-state index is 12.8. The number of nitrogens with zero attached hydrogens (tertiary/aromatic N) is 4. The number of carbonyl (C=O) groups is 1. The van der Waals surface area contributed by atoms with Crippen LogP contribution in [0, 0.1) is 0 Å². The van der Waals surface area contributed by atoms with Crippen LogP contribution in [0.3, 0.4) is 0 Å². The molecule has 2 aromatic heterocycles. The van der Waals surface area contributed by atoms with Crippen molar-refractivity contribution in [1.29, 1.82) is 0 Å². The van der Waals surface area contributed by atoms with E-state index < -0.39 is 0 Å². The fourth-order valence-corrected chi connectivity index (χ4v) is 5.04. The van der Waals surface area contributed by atoms with Crippen molar-refractivity contribution in [2.24, 2.45) is 0 Å². The van der Waals surface area contributed by atoms with Crippen LogP contribution >= 0.6 is 11.8 Å². The Balaban J connectivity index is 1.54. The number of benzene rings is 2. The number of amides is 1. The number of nitrogens with one attached hydrogen (secondary N) is 1. The molecule has 0 radical (unpaired) electrons. The second kappa shape index (κ2) is 12.5. The molecule has 2 aromatic carbocycles. The normalized spacial score (nSPS) is 11.9. The maximum Gasteiger partial charge on any atom is 0.230 e. The van der Waals surface area contributed by atoms with Crippen LogP contribution in [-0.2, 0) is 24.1 Å². The maximum atomic E-state index is 12.8. The molecular formula is C29H33N5OS. The van der Waals surface area contributed by atoms with Crippen molar-refractivity contribution in [2.75, 3.05) is 5.75 Å². The van der Waals surface area contributed by atoms with Crippen LogP contribution in [0.15, 0.2) is 78.2 Å². The number of para-hydroxylation sites is 1. The third kappa shape index (κ3) is 6.21. The number of hydrogen-bond acceptors (Lipinski definition) is 5. The highest BCUT2D eigenvalue weighted by atomic mass is 32.2. The summed E-state index contributed by atoms with van der Waals surface area (Å²) in [4.78, 5) is 17.1. The first-order valence-corrected chi connectivity index (χ1v) is 13.5. The summed E-state index contributed by atoms with van der Waals surface area (Å²) < 4.78 is 2.10. The lowest BCUT2D eigenvalue weighted by Gasteiger charge is -2.18. The molecule has 0 aliphatic rings. The molecule has 0 aliphatic carbocycles. The van der Waals surface area contributed by atoms with Gasteiger partial charge < -0.3 is 5.32 Å². The summed E-state index contributed by atoms with van der Waals surface area (Å²) in [5.41, 5.74) is 5.72. The van der Waals surface area contributed by atoms with E-state index in [1.54, 1.807) is 12.4 Å². The number of aryl methyl sites for hydroxylation is 3. The molecule has 1 atom stereocenters. The van der Waals surface area contributed by atoms with Crippen molar-refractivity contribution in [3.8, 4) is 17.1 Å². The Labute approximate surface area is 217 Å². The Morgan fingerprint density at radius 2 is 1.72 bits per heavy atom. The molecule has 1 unspecified atom stereocenters. The van der Waals surface area contributed by atoms with E-state index in [1.807, 2.05) is 30.3 Å². The predicted molar refractivity (Wildman–Crippen MR) is 146 cm³/mol. The standard InChI is InChI=1S/C29H33N5OS/c1-4-23-13-9-14-24(5-2)27(23)34-28(25-15-10-18-30-19-25)32-33-29(34)36-20-26(35)31-21(3)16-17-22-11-7-6-8-12-22/h6-15,18-19,21H,4-5,16-17,20H2,1-3H3,(H,31,35). The van der Waals surface area contributed by atoms with E-state index >= 15 is 0 Å². The van der Waals surface area contributed by atoms with Gasteiger partial charge in [0.25, 0.3) is 0 Å². The molecule has 4 aromatic rings. The summed E-state index contributed by atoms with van der Waals surface area (Å²) in [7, 11) is 0. The second-order valence-corrected chi connectivity index (χ2v) is 9.74. The van der Waals surface area contributed by atoms with E-state index in [0.29, 0.717) is 5.16 Å². The van der Waals surface area contributed by atoms with Crippen LogP contribution in [0.25, 0.3) is 17.1 Å². The van der Waals surface area contributed by atoms with Crippen LogP contribution < -0.4 is 5.32 Å². The minimum atomic E-state index is -0.00229. The molecule has 186 valence electrons. The molecule has 7 heteroatoms. The third-order valence-corrected chi connectivity index (χ3v) is 7.12. The number of aromatic nitrogens is 4. The van der Waals surface area contributed by atoms with Gasteiger partial charge in [0, 0.05) is 24.0 Å². The summed E-state index contributed by atoms with van der Waals surface area (Å²) in [5.74, 6) is 1.01. The van der Waals surface area contributed by atoms with Gasteiger partial charge in [-0.2, -0.15) is 0 Å². The molecule has 6 nitrogen and oxygen atoms in total. The molecule has 1 amide bonds. The summed E-state index contributed by atoms with van der Waals surface area (Å²) in [6, 6.07) is 20.7. The zero-order valence-corrected chi connectivity index (χ0v) is 22.0. The molecule has 0 saturated heterocycles. The Morgan fingerprint density at radius 1 is 0.972 bits per heavy atom. The van der Waals surface area contributed by atoms with E-state index in [4.69, 9.17) is 0 Å². The van der Waals surface area contributed by atoms with Gasteiger partial charge in [0.1, 0.15) is 0 Å². The monoisotopic (exact) mass is 499 g/mol. The number of thioether (sulfide) groups is 1.